The van der Waals surface area contributed by atoms with E-state index >= 15 is 0 Å². The van der Waals surface area contributed by atoms with Gasteiger partial charge in [-0.2, -0.15) is 0 Å². The van der Waals surface area contributed by atoms with Crippen LogP contribution in [-0.4, -0.2) is 39.6 Å². The number of carbonyl (C=O) groups is 1. The number of rotatable bonds is 8. The molecule has 9 heteroatoms. The fourth-order valence-corrected chi connectivity index (χ4v) is 5.16. The van der Waals surface area contributed by atoms with Crippen LogP contribution in [0.25, 0.3) is 0 Å². The third-order valence-electron chi connectivity index (χ3n) is 5.34. The van der Waals surface area contributed by atoms with Crippen molar-refractivity contribution in [3.63, 3.8) is 0 Å². The number of thioether (sulfide) groups is 1. The van der Waals surface area contributed by atoms with Crippen LogP contribution in [0.5, 0.6) is 11.5 Å². The molecule has 5 rings (SSSR count). The highest BCUT2D eigenvalue weighted by molar-refractivity contribution is 7.99. The van der Waals surface area contributed by atoms with Gasteiger partial charge >= 0.3 is 0 Å². The first-order valence-electron chi connectivity index (χ1n) is 10.5. The van der Waals surface area contributed by atoms with Crippen LogP contribution in [0.1, 0.15) is 48.1 Å². The number of fused-ring (bicyclic) bond motifs is 1. The third-order valence-corrected chi connectivity index (χ3v) is 7.16. The lowest BCUT2D eigenvalue weighted by molar-refractivity contribution is -0.119. The molecule has 0 spiro atoms. The van der Waals surface area contributed by atoms with Crippen LogP contribution in [0.2, 0.25) is 0 Å². The Morgan fingerprint density at radius 1 is 1.26 bits per heavy atom. The Morgan fingerprint density at radius 3 is 2.87 bits per heavy atom. The van der Waals surface area contributed by atoms with E-state index in [1.807, 2.05) is 25.1 Å². The molecule has 1 saturated carbocycles. The molecular formula is C22H24N4O3S2. The Labute approximate surface area is 189 Å². The topological polar surface area (TPSA) is 78.3 Å². The second kappa shape index (κ2) is 8.92. The first-order valence-corrected chi connectivity index (χ1v) is 12.3. The molecule has 1 aliphatic carbocycles. The normalized spacial score (nSPS) is 16.2. The molecule has 7 nitrogen and oxygen atoms in total. The van der Waals surface area contributed by atoms with Gasteiger partial charge in [0, 0.05) is 17.3 Å². The molecule has 1 amide bonds. The zero-order valence-corrected chi connectivity index (χ0v) is 18.9. The van der Waals surface area contributed by atoms with Crippen molar-refractivity contribution in [3.8, 4) is 11.5 Å². The van der Waals surface area contributed by atoms with Gasteiger partial charge < -0.3 is 19.4 Å². The number of benzene rings is 1. The van der Waals surface area contributed by atoms with Crippen molar-refractivity contribution in [1.29, 1.82) is 0 Å². The average Bonchev–Trinajstić information content (AvgIpc) is 3.33. The average molecular weight is 457 g/mol. The Balaban J connectivity index is 1.20. The molecule has 162 valence electrons. The van der Waals surface area contributed by atoms with E-state index in [1.165, 1.54) is 16.6 Å². The Kier molecular flexibility index (Phi) is 5.87. The minimum absolute atomic E-state index is 0.0301. The van der Waals surface area contributed by atoms with Crippen molar-refractivity contribution in [2.45, 2.75) is 43.4 Å². The van der Waals surface area contributed by atoms with Crippen molar-refractivity contribution in [2.24, 2.45) is 0 Å². The summed E-state index contributed by atoms with van der Waals surface area (Å²) in [5.74, 6) is 2.74. The summed E-state index contributed by atoms with van der Waals surface area (Å²) in [5, 5.41) is 14.8. The molecular weight excluding hydrogens is 432 g/mol. The van der Waals surface area contributed by atoms with E-state index in [2.05, 4.69) is 37.6 Å². The van der Waals surface area contributed by atoms with Crippen LogP contribution >= 0.6 is 23.1 Å². The maximum atomic E-state index is 12.6. The predicted molar refractivity (Wildman–Crippen MR) is 120 cm³/mol. The van der Waals surface area contributed by atoms with Gasteiger partial charge in [0.2, 0.25) is 5.91 Å². The highest BCUT2D eigenvalue weighted by Gasteiger charge is 2.30. The zero-order chi connectivity index (χ0) is 21.2. The highest BCUT2D eigenvalue weighted by atomic mass is 32.2. The summed E-state index contributed by atoms with van der Waals surface area (Å²) in [5.41, 5.74) is 0.988. The Bertz CT molecular complexity index is 1060. The van der Waals surface area contributed by atoms with Crippen molar-refractivity contribution in [3.05, 3.63) is 52.0 Å². The monoisotopic (exact) mass is 456 g/mol. The van der Waals surface area contributed by atoms with E-state index < -0.39 is 0 Å². The molecule has 0 saturated heterocycles. The lowest BCUT2D eigenvalue weighted by atomic mass is 10.1. The van der Waals surface area contributed by atoms with Gasteiger partial charge in [0.15, 0.2) is 16.7 Å². The Morgan fingerprint density at radius 2 is 2.10 bits per heavy atom. The number of thiophene rings is 1. The van der Waals surface area contributed by atoms with E-state index in [4.69, 9.17) is 9.47 Å². The summed E-state index contributed by atoms with van der Waals surface area (Å²) in [6.07, 6.45) is 3.09. The molecule has 3 heterocycles. The van der Waals surface area contributed by atoms with Gasteiger partial charge in [-0.05, 0) is 48.9 Å². The zero-order valence-electron chi connectivity index (χ0n) is 17.2. The van der Waals surface area contributed by atoms with Crippen LogP contribution < -0.4 is 14.8 Å². The highest BCUT2D eigenvalue weighted by Crippen LogP contribution is 2.39. The Hall–Kier alpha value is -2.52. The molecule has 3 aromatic rings. The number of ether oxygens (including phenoxy) is 2. The van der Waals surface area contributed by atoms with Crippen molar-refractivity contribution >= 4 is 29.0 Å². The lowest BCUT2D eigenvalue weighted by Gasteiger charge is -2.21. The summed E-state index contributed by atoms with van der Waals surface area (Å²) in [6.45, 7) is 3.08. The minimum Gasteiger partial charge on any atom is -0.486 e. The number of carbonyl (C=O) groups excluding carboxylic acids is 1. The molecule has 31 heavy (non-hydrogen) atoms. The minimum atomic E-state index is -0.125. The molecule has 1 fully saturated rings. The van der Waals surface area contributed by atoms with Crippen molar-refractivity contribution < 1.29 is 14.3 Å². The van der Waals surface area contributed by atoms with Gasteiger partial charge in [-0.15, -0.1) is 21.5 Å². The van der Waals surface area contributed by atoms with E-state index in [1.54, 1.807) is 11.3 Å². The van der Waals surface area contributed by atoms with Crippen LogP contribution in [0.4, 0.5) is 0 Å². The molecule has 0 radical (unpaired) electrons. The number of nitrogens with one attached hydrogen (secondary N) is 1. The van der Waals surface area contributed by atoms with E-state index in [9.17, 15) is 4.79 Å². The largest absolute Gasteiger partial charge is 0.486 e. The maximum Gasteiger partial charge on any atom is 0.230 e. The molecule has 0 unspecified atom stereocenters. The van der Waals surface area contributed by atoms with Crippen LogP contribution in [0.15, 0.2) is 40.9 Å². The van der Waals surface area contributed by atoms with Crippen molar-refractivity contribution in [1.82, 2.24) is 20.1 Å². The van der Waals surface area contributed by atoms with E-state index in [0.717, 1.165) is 47.3 Å². The third kappa shape index (κ3) is 4.72. The molecule has 1 atom stereocenters. The summed E-state index contributed by atoms with van der Waals surface area (Å²) in [6, 6.07) is 10.3. The lowest BCUT2D eigenvalue weighted by Crippen LogP contribution is -2.28. The van der Waals surface area contributed by atoms with Crippen LogP contribution in [0.3, 0.4) is 0 Å². The van der Waals surface area contributed by atoms with E-state index in [-0.39, 0.29) is 11.9 Å². The fraction of sp³-hybridized carbons (Fsp3) is 0.409. The number of amides is 1. The fourth-order valence-electron chi connectivity index (χ4n) is 3.62. The van der Waals surface area contributed by atoms with Gasteiger partial charge in [-0.3, -0.25) is 4.79 Å². The smallest absolute Gasteiger partial charge is 0.230 e. The number of aromatic nitrogens is 3. The van der Waals surface area contributed by atoms with Crippen LogP contribution in [-0.2, 0) is 11.2 Å². The first-order chi connectivity index (χ1) is 15.2. The standard InChI is InChI=1S/C22H24N4O3S2/c1-14(15-4-7-18-19(11-15)29-9-8-28-18)23-21(27)13-31-22-25-24-20(26(22)16-5-6-16)12-17-3-2-10-30-17/h2-4,7,10-11,14,16H,5-6,8-9,12-13H2,1H3,(H,23,27)/t14-/m0/s1. The van der Waals surface area contributed by atoms with Gasteiger partial charge in [-0.25, -0.2) is 0 Å². The van der Waals surface area contributed by atoms with Gasteiger partial charge in [-0.1, -0.05) is 23.9 Å². The summed E-state index contributed by atoms with van der Waals surface area (Å²) in [4.78, 5) is 13.9. The number of hydrogen-bond donors (Lipinski definition) is 1. The predicted octanol–water partition coefficient (Wildman–Crippen LogP) is 4.01. The van der Waals surface area contributed by atoms with Gasteiger partial charge in [0.1, 0.15) is 19.0 Å². The van der Waals surface area contributed by atoms with Crippen LogP contribution in [0, 0.1) is 0 Å². The summed E-state index contributed by atoms with van der Waals surface area (Å²) in [7, 11) is 0. The number of hydrogen-bond acceptors (Lipinski definition) is 7. The number of nitrogens with zero attached hydrogens (tertiary/aromatic N) is 3. The molecule has 2 aromatic heterocycles. The van der Waals surface area contributed by atoms with Gasteiger partial charge in [0.25, 0.3) is 0 Å². The quantitative estimate of drug-likeness (QED) is 0.516. The second-order valence-corrected chi connectivity index (χ2v) is 9.71. The molecule has 2 aliphatic rings. The summed E-state index contributed by atoms with van der Waals surface area (Å²) < 4.78 is 13.4. The molecule has 0 bridgehead atoms. The second-order valence-electron chi connectivity index (χ2n) is 7.74. The molecule has 1 aromatic carbocycles. The van der Waals surface area contributed by atoms with E-state index in [0.29, 0.717) is 25.0 Å². The molecule has 1 N–H and O–H groups in total. The summed E-state index contributed by atoms with van der Waals surface area (Å²) >= 11 is 3.18. The van der Waals surface area contributed by atoms with Crippen molar-refractivity contribution in [2.75, 3.05) is 19.0 Å². The molecule has 1 aliphatic heterocycles. The van der Waals surface area contributed by atoms with Gasteiger partial charge in [0.05, 0.1) is 11.8 Å². The first kappa shape index (κ1) is 20.4. The maximum absolute atomic E-state index is 12.6. The SMILES string of the molecule is C[C@H](NC(=O)CSc1nnc(Cc2cccs2)n1C1CC1)c1ccc2c(c1)OCCO2.